The Morgan fingerprint density at radius 1 is 1.42 bits per heavy atom. The quantitative estimate of drug-likeness (QED) is 0.810. The lowest BCUT2D eigenvalue weighted by Gasteiger charge is -2.17. The van der Waals surface area contributed by atoms with Gasteiger partial charge in [0.05, 0.1) is 6.07 Å². The van der Waals surface area contributed by atoms with Crippen LogP contribution in [0.25, 0.3) is 0 Å². The minimum absolute atomic E-state index is 0.0902. The van der Waals surface area contributed by atoms with Crippen LogP contribution >= 0.6 is 0 Å². The fourth-order valence-corrected chi connectivity index (χ4v) is 2.84. The molecule has 0 aliphatic heterocycles. The molecule has 0 aliphatic rings. The number of nitrogens with zero attached hydrogens (tertiary/aromatic N) is 1. The van der Waals surface area contributed by atoms with Gasteiger partial charge in [0.15, 0.2) is 5.25 Å². The first-order valence-corrected chi connectivity index (χ1v) is 7.15. The predicted molar refractivity (Wildman–Crippen MR) is 68.6 cm³/mol. The van der Waals surface area contributed by atoms with Crippen LogP contribution in [0.3, 0.4) is 0 Å². The van der Waals surface area contributed by atoms with E-state index < -0.39 is 27.3 Å². The van der Waals surface area contributed by atoms with Crippen molar-refractivity contribution in [1.29, 1.82) is 5.26 Å². The topological polar surface area (TPSA) is 107 Å². The average molecular weight is 282 g/mol. The van der Waals surface area contributed by atoms with Crippen molar-refractivity contribution >= 4 is 16.0 Å². The van der Waals surface area contributed by atoms with E-state index in [1.54, 1.807) is 31.2 Å². The van der Waals surface area contributed by atoms with Crippen LogP contribution in [0.2, 0.25) is 0 Å². The van der Waals surface area contributed by atoms with Crippen molar-refractivity contribution in [3.05, 3.63) is 35.9 Å². The van der Waals surface area contributed by atoms with Crippen LogP contribution < -0.4 is 4.72 Å². The maximum absolute atomic E-state index is 11.9. The Balaban J connectivity index is 3.06. The number of sulfonamides is 1. The van der Waals surface area contributed by atoms with Gasteiger partial charge < -0.3 is 5.11 Å². The van der Waals surface area contributed by atoms with Crippen LogP contribution in [-0.2, 0) is 14.8 Å². The molecule has 0 amide bonds. The third-order valence-corrected chi connectivity index (χ3v) is 4.30. The Labute approximate surface area is 111 Å². The molecule has 0 aliphatic carbocycles. The number of nitriles is 1. The molecule has 0 heterocycles. The first kappa shape index (κ1) is 15.1. The van der Waals surface area contributed by atoms with E-state index in [1.165, 1.54) is 12.1 Å². The normalized spacial score (nSPS) is 14.3. The van der Waals surface area contributed by atoms with Crippen LogP contribution in [-0.4, -0.2) is 24.7 Å². The number of carboxylic acid groups (broad SMARTS) is 1. The molecule has 0 aromatic heterocycles. The van der Waals surface area contributed by atoms with E-state index in [1.807, 2.05) is 0 Å². The van der Waals surface area contributed by atoms with Crippen LogP contribution in [0.15, 0.2) is 30.3 Å². The number of carbonyl (C=O) groups is 1. The summed E-state index contributed by atoms with van der Waals surface area (Å²) in [5.41, 5.74) is 0.311. The number of hydrogen-bond acceptors (Lipinski definition) is 4. The molecule has 2 N–H and O–H groups in total. The summed E-state index contributed by atoms with van der Waals surface area (Å²) < 4.78 is 25.8. The fourth-order valence-electron chi connectivity index (χ4n) is 1.53. The van der Waals surface area contributed by atoms with Crippen molar-refractivity contribution < 1.29 is 18.3 Å². The second-order valence-electron chi connectivity index (χ2n) is 3.87. The number of aliphatic carboxylic acids is 1. The van der Waals surface area contributed by atoms with E-state index in [4.69, 9.17) is 10.4 Å². The molecule has 1 unspecified atom stereocenters. The fraction of sp³-hybridized carbons (Fsp3) is 0.333. The minimum Gasteiger partial charge on any atom is -0.480 e. The highest BCUT2D eigenvalue weighted by Gasteiger charge is 2.30. The summed E-state index contributed by atoms with van der Waals surface area (Å²) in [5.74, 6) is -1.32. The number of carboxylic acids is 1. The van der Waals surface area contributed by atoms with Gasteiger partial charge in [0.2, 0.25) is 10.0 Å². The predicted octanol–water partition coefficient (Wildman–Crippen LogP) is 1.03. The Bertz CT molecular complexity index is 577. The van der Waals surface area contributed by atoms with E-state index >= 15 is 0 Å². The molecule has 0 saturated carbocycles. The summed E-state index contributed by atoms with van der Waals surface area (Å²) >= 11 is 0. The monoisotopic (exact) mass is 282 g/mol. The standard InChI is InChI=1S/C12H14N2O4S/c1-2-10(8-13)19(17,18)14-11(12(15)16)9-6-4-3-5-7-9/h3-7,10-11,14H,2H2,1H3,(H,15,16)/t10?,11-/m1/s1. The van der Waals surface area contributed by atoms with E-state index in [0.717, 1.165) is 0 Å². The molecule has 1 aromatic rings. The Kier molecular flexibility index (Phi) is 5.03. The molecule has 0 saturated heterocycles. The summed E-state index contributed by atoms with van der Waals surface area (Å²) in [7, 11) is -4.01. The first-order chi connectivity index (χ1) is 8.92. The lowest BCUT2D eigenvalue weighted by molar-refractivity contribution is -0.139. The zero-order chi connectivity index (χ0) is 14.5. The largest absolute Gasteiger partial charge is 0.480 e. The van der Waals surface area contributed by atoms with Gasteiger partial charge >= 0.3 is 5.97 Å². The maximum Gasteiger partial charge on any atom is 0.326 e. The molecule has 1 aromatic carbocycles. The van der Waals surface area contributed by atoms with Crippen LogP contribution in [0.4, 0.5) is 0 Å². The van der Waals surface area contributed by atoms with Gasteiger partial charge in [-0.15, -0.1) is 0 Å². The van der Waals surface area contributed by atoms with Crippen molar-refractivity contribution in [2.24, 2.45) is 0 Å². The third-order valence-electron chi connectivity index (χ3n) is 2.55. The highest BCUT2D eigenvalue weighted by molar-refractivity contribution is 7.90. The highest BCUT2D eigenvalue weighted by atomic mass is 32.2. The van der Waals surface area contributed by atoms with Crippen molar-refractivity contribution in [2.45, 2.75) is 24.6 Å². The van der Waals surface area contributed by atoms with Gasteiger partial charge in [0.25, 0.3) is 0 Å². The number of benzene rings is 1. The zero-order valence-electron chi connectivity index (χ0n) is 10.3. The molecule has 0 radical (unpaired) electrons. The first-order valence-electron chi connectivity index (χ1n) is 5.61. The summed E-state index contributed by atoms with van der Waals surface area (Å²) in [6.45, 7) is 1.55. The van der Waals surface area contributed by atoms with E-state index in [-0.39, 0.29) is 6.42 Å². The highest BCUT2D eigenvalue weighted by Crippen LogP contribution is 2.16. The second-order valence-corrected chi connectivity index (χ2v) is 5.77. The van der Waals surface area contributed by atoms with Gasteiger partial charge in [-0.2, -0.15) is 9.98 Å². The summed E-state index contributed by atoms with van der Waals surface area (Å²) in [4.78, 5) is 11.2. The zero-order valence-corrected chi connectivity index (χ0v) is 11.1. The lowest BCUT2D eigenvalue weighted by atomic mass is 10.1. The smallest absolute Gasteiger partial charge is 0.326 e. The Hall–Kier alpha value is -1.91. The van der Waals surface area contributed by atoms with Gasteiger partial charge in [-0.3, -0.25) is 4.79 Å². The second kappa shape index (κ2) is 6.31. The summed E-state index contributed by atoms with van der Waals surface area (Å²) in [6, 6.07) is 8.19. The van der Waals surface area contributed by atoms with Crippen LogP contribution in [0.1, 0.15) is 24.9 Å². The molecule has 1 rings (SSSR count). The molecular formula is C12H14N2O4S. The van der Waals surface area contributed by atoms with E-state index in [9.17, 15) is 13.2 Å². The van der Waals surface area contributed by atoms with Gasteiger partial charge in [0, 0.05) is 0 Å². The minimum atomic E-state index is -4.01. The summed E-state index contributed by atoms with van der Waals surface area (Å²) in [6.07, 6.45) is 0.0902. The van der Waals surface area contributed by atoms with E-state index in [2.05, 4.69) is 4.72 Å². The lowest BCUT2D eigenvalue weighted by Crippen LogP contribution is -2.39. The van der Waals surface area contributed by atoms with E-state index in [0.29, 0.717) is 5.56 Å². The number of hydrogen-bond donors (Lipinski definition) is 2. The SMILES string of the molecule is CCC(C#N)S(=O)(=O)N[C@@H](C(=O)O)c1ccccc1. The molecule has 0 bridgehead atoms. The Morgan fingerprint density at radius 3 is 2.42 bits per heavy atom. The molecule has 2 atom stereocenters. The van der Waals surface area contributed by atoms with Gasteiger partial charge in [-0.1, -0.05) is 37.3 Å². The van der Waals surface area contributed by atoms with Crippen molar-refractivity contribution in [3.8, 4) is 6.07 Å². The van der Waals surface area contributed by atoms with Crippen LogP contribution in [0, 0.1) is 11.3 Å². The van der Waals surface area contributed by atoms with Gasteiger partial charge in [-0.25, -0.2) is 8.42 Å². The average Bonchev–Trinajstić information content (AvgIpc) is 2.38. The van der Waals surface area contributed by atoms with Crippen molar-refractivity contribution in [3.63, 3.8) is 0 Å². The molecule has 6 nitrogen and oxygen atoms in total. The van der Waals surface area contributed by atoms with Crippen molar-refractivity contribution in [1.82, 2.24) is 4.72 Å². The summed E-state index contributed by atoms with van der Waals surface area (Å²) in [5, 5.41) is 16.6. The number of rotatable bonds is 6. The van der Waals surface area contributed by atoms with Gasteiger partial charge in [-0.05, 0) is 12.0 Å². The molecule has 0 spiro atoms. The molecule has 102 valence electrons. The molecule has 0 fully saturated rings. The third kappa shape index (κ3) is 3.77. The Morgan fingerprint density at radius 2 is 2.00 bits per heavy atom. The molecular weight excluding hydrogens is 268 g/mol. The van der Waals surface area contributed by atoms with Gasteiger partial charge in [0.1, 0.15) is 6.04 Å². The maximum atomic E-state index is 11.9. The van der Waals surface area contributed by atoms with Crippen molar-refractivity contribution in [2.75, 3.05) is 0 Å². The molecule has 7 heteroatoms. The number of nitrogens with one attached hydrogen (secondary N) is 1. The van der Waals surface area contributed by atoms with Crippen LogP contribution in [0.5, 0.6) is 0 Å². The molecule has 19 heavy (non-hydrogen) atoms.